The first-order chi connectivity index (χ1) is 19.5. The normalized spacial score (nSPS) is 13.8. The van der Waals surface area contributed by atoms with E-state index in [1.165, 1.54) is 135 Å². The van der Waals surface area contributed by atoms with E-state index in [4.69, 9.17) is 0 Å². The van der Waals surface area contributed by atoms with E-state index in [1.807, 2.05) is 0 Å². The SMILES string of the molecule is CCCCCCCCCCCCCCC[C@@H](O)[C@H](CO)NC(=O)CC(O)CCCCCCCCCCCCCC. The molecular formula is C35H71NO4. The van der Waals surface area contributed by atoms with Gasteiger partial charge in [0.1, 0.15) is 0 Å². The number of amides is 1. The van der Waals surface area contributed by atoms with Gasteiger partial charge >= 0.3 is 0 Å². The summed E-state index contributed by atoms with van der Waals surface area (Å²) in [4.78, 5) is 12.3. The van der Waals surface area contributed by atoms with Crippen LogP contribution < -0.4 is 5.32 Å². The molecule has 0 rings (SSSR count). The van der Waals surface area contributed by atoms with Crippen molar-refractivity contribution in [2.45, 2.75) is 212 Å². The smallest absolute Gasteiger partial charge is 0.222 e. The molecular weight excluding hydrogens is 498 g/mol. The number of carbonyl (C=O) groups excluding carboxylic acids is 1. The molecule has 0 aromatic carbocycles. The predicted molar refractivity (Wildman–Crippen MR) is 172 cm³/mol. The summed E-state index contributed by atoms with van der Waals surface area (Å²) < 4.78 is 0. The molecule has 0 aliphatic carbocycles. The highest BCUT2D eigenvalue weighted by Gasteiger charge is 2.21. The zero-order chi connectivity index (χ0) is 29.5. The van der Waals surface area contributed by atoms with Crippen LogP contribution in [0.1, 0.15) is 194 Å². The van der Waals surface area contributed by atoms with Gasteiger partial charge < -0.3 is 20.6 Å². The second kappa shape index (κ2) is 31.3. The monoisotopic (exact) mass is 570 g/mol. The molecule has 0 bridgehead atoms. The van der Waals surface area contributed by atoms with Crippen LogP contribution in [-0.2, 0) is 4.79 Å². The largest absolute Gasteiger partial charge is 0.394 e. The van der Waals surface area contributed by atoms with Gasteiger partial charge in [-0.05, 0) is 12.8 Å². The van der Waals surface area contributed by atoms with Crippen LogP contribution in [0.4, 0.5) is 0 Å². The van der Waals surface area contributed by atoms with Crippen molar-refractivity contribution in [2.75, 3.05) is 6.61 Å². The molecule has 240 valence electrons. The van der Waals surface area contributed by atoms with Crippen LogP contribution in [0.25, 0.3) is 0 Å². The van der Waals surface area contributed by atoms with E-state index >= 15 is 0 Å². The van der Waals surface area contributed by atoms with Crippen molar-refractivity contribution in [3.63, 3.8) is 0 Å². The minimum Gasteiger partial charge on any atom is -0.394 e. The minimum absolute atomic E-state index is 0.0417. The Kier molecular flexibility index (Phi) is 30.8. The molecule has 0 spiro atoms. The van der Waals surface area contributed by atoms with Gasteiger partial charge in [-0.3, -0.25) is 4.79 Å². The summed E-state index contributed by atoms with van der Waals surface area (Å²) in [6, 6.07) is -0.649. The number of nitrogens with one attached hydrogen (secondary N) is 1. The van der Waals surface area contributed by atoms with Gasteiger partial charge in [0.15, 0.2) is 0 Å². The van der Waals surface area contributed by atoms with Crippen LogP contribution in [0.2, 0.25) is 0 Å². The molecule has 5 nitrogen and oxygen atoms in total. The zero-order valence-electron chi connectivity index (χ0n) is 27.0. The molecule has 0 aliphatic heterocycles. The van der Waals surface area contributed by atoms with Crippen molar-refractivity contribution in [1.29, 1.82) is 0 Å². The third-order valence-electron chi connectivity index (χ3n) is 8.42. The second-order valence-electron chi connectivity index (χ2n) is 12.5. The van der Waals surface area contributed by atoms with Gasteiger partial charge in [0.05, 0.1) is 31.3 Å². The van der Waals surface area contributed by atoms with E-state index in [0.717, 1.165) is 25.7 Å². The molecule has 3 atom stereocenters. The molecule has 0 heterocycles. The van der Waals surface area contributed by atoms with Crippen LogP contribution in [0.15, 0.2) is 0 Å². The third-order valence-corrected chi connectivity index (χ3v) is 8.42. The molecule has 0 saturated heterocycles. The lowest BCUT2D eigenvalue weighted by Gasteiger charge is -2.23. The Labute approximate surface area is 249 Å². The summed E-state index contributed by atoms with van der Waals surface area (Å²) in [6.45, 7) is 4.24. The quantitative estimate of drug-likeness (QED) is 0.0608. The van der Waals surface area contributed by atoms with Crippen molar-refractivity contribution in [2.24, 2.45) is 0 Å². The Bertz CT molecular complexity index is 516. The third kappa shape index (κ3) is 27.5. The molecule has 5 heteroatoms. The highest BCUT2D eigenvalue weighted by atomic mass is 16.3. The van der Waals surface area contributed by atoms with Crippen LogP contribution in [0, 0.1) is 0 Å². The number of aliphatic hydroxyl groups excluding tert-OH is 3. The Hall–Kier alpha value is -0.650. The van der Waals surface area contributed by atoms with Crippen molar-refractivity contribution >= 4 is 5.91 Å². The molecule has 0 aromatic heterocycles. The summed E-state index contributed by atoms with van der Waals surface area (Å²) in [5.41, 5.74) is 0. The number of rotatable bonds is 32. The van der Waals surface area contributed by atoms with Crippen LogP contribution in [-0.4, -0.2) is 46.1 Å². The highest BCUT2D eigenvalue weighted by molar-refractivity contribution is 5.76. The average Bonchev–Trinajstić information content (AvgIpc) is 2.94. The Balaban J connectivity index is 3.67. The fourth-order valence-corrected chi connectivity index (χ4v) is 5.64. The maximum atomic E-state index is 12.3. The predicted octanol–water partition coefficient (Wildman–Crippen LogP) is 9.15. The molecule has 0 radical (unpaired) electrons. The summed E-state index contributed by atoms with van der Waals surface area (Å²) in [5, 5.41) is 33.1. The summed E-state index contributed by atoms with van der Waals surface area (Å²) in [5.74, 6) is -0.282. The van der Waals surface area contributed by atoms with E-state index in [0.29, 0.717) is 12.8 Å². The molecule has 0 saturated carbocycles. The second-order valence-corrected chi connectivity index (χ2v) is 12.5. The number of unbranched alkanes of at least 4 members (excludes halogenated alkanes) is 23. The molecule has 0 aliphatic rings. The summed E-state index contributed by atoms with van der Waals surface area (Å²) in [6.07, 6.45) is 31.9. The first-order valence-electron chi connectivity index (χ1n) is 17.8. The van der Waals surface area contributed by atoms with Crippen LogP contribution in [0.5, 0.6) is 0 Å². The molecule has 4 N–H and O–H groups in total. The summed E-state index contributed by atoms with van der Waals surface area (Å²) in [7, 11) is 0. The van der Waals surface area contributed by atoms with E-state index in [9.17, 15) is 20.1 Å². The van der Waals surface area contributed by atoms with Gasteiger partial charge in [0, 0.05) is 0 Å². The topological polar surface area (TPSA) is 89.8 Å². The van der Waals surface area contributed by atoms with Gasteiger partial charge in [0.2, 0.25) is 5.91 Å². The fraction of sp³-hybridized carbons (Fsp3) is 0.971. The minimum atomic E-state index is -0.741. The standard InChI is InChI=1S/C35H71NO4/c1-3-5-7-9-11-13-15-17-19-21-23-25-27-29-34(39)33(31-37)36-35(40)30-32(38)28-26-24-22-20-18-16-14-12-10-8-6-4-2/h32-34,37-39H,3-31H2,1-2H3,(H,36,40)/t32?,33-,34+/m0/s1. The van der Waals surface area contributed by atoms with Crippen molar-refractivity contribution in [3.8, 4) is 0 Å². The van der Waals surface area contributed by atoms with Gasteiger partial charge in [-0.2, -0.15) is 0 Å². The molecule has 0 aromatic rings. The van der Waals surface area contributed by atoms with Gasteiger partial charge in [-0.25, -0.2) is 0 Å². The van der Waals surface area contributed by atoms with E-state index in [2.05, 4.69) is 19.2 Å². The molecule has 40 heavy (non-hydrogen) atoms. The lowest BCUT2D eigenvalue weighted by atomic mass is 10.0. The Morgan fingerprint density at radius 1 is 0.525 bits per heavy atom. The lowest BCUT2D eigenvalue weighted by molar-refractivity contribution is -0.125. The number of aliphatic hydroxyl groups is 3. The molecule has 0 fully saturated rings. The maximum Gasteiger partial charge on any atom is 0.222 e. The maximum absolute atomic E-state index is 12.3. The summed E-state index contributed by atoms with van der Waals surface area (Å²) >= 11 is 0. The fourth-order valence-electron chi connectivity index (χ4n) is 5.64. The number of carbonyl (C=O) groups is 1. The van der Waals surface area contributed by atoms with E-state index < -0.39 is 18.2 Å². The molecule has 1 amide bonds. The van der Waals surface area contributed by atoms with Gasteiger partial charge in [-0.15, -0.1) is 0 Å². The van der Waals surface area contributed by atoms with Gasteiger partial charge in [-0.1, -0.05) is 174 Å². The van der Waals surface area contributed by atoms with Crippen LogP contribution >= 0.6 is 0 Å². The number of hydrogen-bond acceptors (Lipinski definition) is 4. The molecule has 1 unspecified atom stereocenters. The average molecular weight is 570 g/mol. The van der Waals surface area contributed by atoms with Crippen LogP contribution in [0.3, 0.4) is 0 Å². The van der Waals surface area contributed by atoms with Crippen molar-refractivity contribution in [3.05, 3.63) is 0 Å². The first kappa shape index (κ1) is 39.4. The lowest BCUT2D eigenvalue weighted by Crippen LogP contribution is -2.46. The van der Waals surface area contributed by atoms with Crippen molar-refractivity contribution in [1.82, 2.24) is 5.32 Å². The number of hydrogen-bond donors (Lipinski definition) is 4. The highest BCUT2D eigenvalue weighted by Crippen LogP contribution is 2.16. The van der Waals surface area contributed by atoms with E-state index in [1.54, 1.807) is 0 Å². The van der Waals surface area contributed by atoms with E-state index in [-0.39, 0.29) is 18.9 Å². The van der Waals surface area contributed by atoms with Crippen molar-refractivity contribution < 1.29 is 20.1 Å². The Morgan fingerprint density at radius 2 is 0.850 bits per heavy atom. The Morgan fingerprint density at radius 3 is 1.20 bits per heavy atom. The zero-order valence-corrected chi connectivity index (χ0v) is 27.0. The first-order valence-corrected chi connectivity index (χ1v) is 17.8. The van der Waals surface area contributed by atoms with Gasteiger partial charge in [0.25, 0.3) is 0 Å².